The van der Waals surface area contributed by atoms with Crippen LogP contribution in [-0.4, -0.2) is 34.3 Å². The van der Waals surface area contributed by atoms with Crippen molar-refractivity contribution in [3.05, 3.63) is 81.7 Å². The lowest BCUT2D eigenvalue weighted by Crippen LogP contribution is -2.49. The van der Waals surface area contributed by atoms with Crippen LogP contribution in [0.2, 0.25) is 10.2 Å². The second-order valence-corrected chi connectivity index (χ2v) is 9.08. The number of hydrogen-bond donors (Lipinski definition) is 2. The van der Waals surface area contributed by atoms with Crippen LogP contribution >= 0.6 is 23.2 Å². The summed E-state index contributed by atoms with van der Waals surface area (Å²) in [6.07, 6.45) is 6.13. The van der Waals surface area contributed by atoms with E-state index in [0.29, 0.717) is 16.7 Å². The molecule has 3 N–H and O–H groups in total. The van der Waals surface area contributed by atoms with Crippen LogP contribution < -0.4 is 11.1 Å². The number of rotatable bonds is 3. The van der Waals surface area contributed by atoms with Gasteiger partial charge in [-0.3, -0.25) is 4.68 Å². The fourth-order valence-electron chi connectivity index (χ4n) is 4.55. The standard InChI is InChI=1S/C24H25Cl2N5/c1-30-23(26)21-19(29-30)9-8-18(22(21)25)16-7-10-20(28-15-16)31-13-11-24(27,12-14-31)17-5-3-2-4-6-17/h2-10,28H,11-15,27H2,1H3. The van der Waals surface area contributed by atoms with Gasteiger partial charge in [0.1, 0.15) is 11.0 Å². The molecule has 0 atom stereocenters. The number of likely N-dealkylation sites (tertiary alicyclic amines) is 1. The zero-order valence-corrected chi connectivity index (χ0v) is 18.9. The van der Waals surface area contributed by atoms with Crippen molar-refractivity contribution in [2.45, 2.75) is 18.4 Å². The number of fused-ring (bicyclic) bond motifs is 1. The van der Waals surface area contributed by atoms with Crippen LogP contribution in [-0.2, 0) is 12.6 Å². The van der Waals surface area contributed by atoms with Gasteiger partial charge in [0, 0.05) is 32.2 Å². The number of aryl methyl sites for hydroxylation is 1. The lowest BCUT2D eigenvalue weighted by atomic mass is 9.82. The molecule has 0 unspecified atom stereocenters. The van der Waals surface area contributed by atoms with Crippen LogP contribution in [0.4, 0.5) is 0 Å². The van der Waals surface area contributed by atoms with Gasteiger partial charge in [-0.1, -0.05) is 65.7 Å². The molecule has 1 saturated heterocycles. The van der Waals surface area contributed by atoms with Gasteiger partial charge in [-0.05, 0) is 41.7 Å². The zero-order valence-electron chi connectivity index (χ0n) is 17.4. The van der Waals surface area contributed by atoms with Gasteiger partial charge in [0.05, 0.1) is 15.9 Å². The summed E-state index contributed by atoms with van der Waals surface area (Å²) in [5.74, 6) is 1.13. The first-order chi connectivity index (χ1) is 15.0. The van der Waals surface area contributed by atoms with E-state index in [2.05, 4.69) is 51.7 Å². The van der Waals surface area contributed by atoms with Crippen LogP contribution in [0.3, 0.4) is 0 Å². The molecule has 2 aliphatic rings. The van der Waals surface area contributed by atoms with Gasteiger partial charge in [0.15, 0.2) is 0 Å². The predicted molar refractivity (Wildman–Crippen MR) is 128 cm³/mol. The maximum Gasteiger partial charge on any atom is 0.136 e. The Morgan fingerprint density at radius 2 is 1.77 bits per heavy atom. The van der Waals surface area contributed by atoms with Crippen LogP contribution in [0.15, 0.2) is 60.4 Å². The first kappa shape index (κ1) is 20.4. The molecule has 2 aliphatic heterocycles. The molecule has 0 radical (unpaired) electrons. The number of piperidine rings is 1. The first-order valence-corrected chi connectivity index (χ1v) is 11.3. The Kier molecular flexibility index (Phi) is 5.21. The summed E-state index contributed by atoms with van der Waals surface area (Å²) in [6, 6.07) is 14.4. The third-order valence-corrected chi connectivity index (χ3v) is 7.29. The number of allylic oxidation sites excluding steroid dienone is 2. The van der Waals surface area contributed by atoms with Crippen LogP contribution in [0.1, 0.15) is 24.0 Å². The van der Waals surface area contributed by atoms with E-state index in [9.17, 15) is 0 Å². The van der Waals surface area contributed by atoms with E-state index in [-0.39, 0.29) is 5.54 Å². The van der Waals surface area contributed by atoms with Gasteiger partial charge in [0.2, 0.25) is 0 Å². The summed E-state index contributed by atoms with van der Waals surface area (Å²) in [5, 5.41) is 9.97. The molecule has 3 aromatic rings. The molecule has 1 aromatic heterocycles. The predicted octanol–water partition coefficient (Wildman–Crippen LogP) is 4.66. The quantitative estimate of drug-likeness (QED) is 0.605. The Hall–Kier alpha value is -2.47. The second-order valence-electron chi connectivity index (χ2n) is 8.34. The average Bonchev–Trinajstić information content (AvgIpc) is 3.10. The Morgan fingerprint density at radius 1 is 1.03 bits per heavy atom. The molecule has 160 valence electrons. The number of nitrogens with zero attached hydrogens (tertiary/aromatic N) is 3. The molecule has 5 rings (SSSR count). The first-order valence-electron chi connectivity index (χ1n) is 10.5. The van der Waals surface area contributed by atoms with Crippen molar-refractivity contribution in [1.29, 1.82) is 0 Å². The second kappa shape index (κ2) is 7.90. The number of dihydropyridines is 1. The highest BCUT2D eigenvalue weighted by atomic mass is 35.5. The van der Waals surface area contributed by atoms with Crippen molar-refractivity contribution in [3.63, 3.8) is 0 Å². The number of nitrogens with two attached hydrogens (primary N) is 1. The summed E-state index contributed by atoms with van der Waals surface area (Å²) in [5.41, 5.74) is 10.6. The monoisotopic (exact) mass is 453 g/mol. The molecular weight excluding hydrogens is 429 g/mol. The normalized spacial score (nSPS) is 18.5. The lowest BCUT2D eigenvalue weighted by molar-refractivity contribution is 0.189. The van der Waals surface area contributed by atoms with E-state index < -0.39 is 0 Å². The van der Waals surface area contributed by atoms with Crippen LogP contribution in [0.25, 0.3) is 16.5 Å². The van der Waals surface area contributed by atoms with E-state index >= 15 is 0 Å². The Labute approximate surface area is 192 Å². The molecule has 7 heteroatoms. The maximum absolute atomic E-state index is 6.74. The van der Waals surface area contributed by atoms with Gasteiger partial charge >= 0.3 is 0 Å². The molecule has 3 heterocycles. The summed E-state index contributed by atoms with van der Waals surface area (Å²) in [6.45, 7) is 2.55. The minimum atomic E-state index is -0.250. The third kappa shape index (κ3) is 3.61. The van der Waals surface area contributed by atoms with Crippen LogP contribution in [0.5, 0.6) is 0 Å². The molecule has 0 amide bonds. The SMILES string of the molecule is Cn1nc2ccc(C3=CC=C(N4CCC(N)(c5ccccc5)CC4)NC3)c(Cl)c2c1Cl. The number of nitrogens with one attached hydrogen (secondary N) is 1. The van der Waals surface area contributed by atoms with Gasteiger partial charge in [-0.2, -0.15) is 5.10 Å². The highest BCUT2D eigenvalue weighted by molar-refractivity contribution is 6.42. The largest absolute Gasteiger partial charge is 0.368 e. The Morgan fingerprint density at radius 3 is 2.45 bits per heavy atom. The summed E-state index contributed by atoms with van der Waals surface area (Å²) in [4.78, 5) is 2.38. The number of halogens is 2. The molecule has 31 heavy (non-hydrogen) atoms. The lowest BCUT2D eigenvalue weighted by Gasteiger charge is -2.42. The molecule has 0 bridgehead atoms. The zero-order chi connectivity index (χ0) is 21.6. The molecule has 0 spiro atoms. The topological polar surface area (TPSA) is 59.1 Å². The third-order valence-electron chi connectivity index (χ3n) is 6.46. The maximum atomic E-state index is 6.74. The summed E-state index contributed by atoms with van der Waals surface area (Å²) < 4.78 is 1.65. The summed E-state index contributed by atoms with van der Waals surface area (Å²) >= 11 is 13.1. The average molecular weight is 454 g/mol. The van der Waals surface area contributed by atoms with Crippen molar-refractivity contribution in [3.8, 4) is 0 Å². The van der Waals surface area contributed by atoms with Crippen molar-refractivity contribution in [2.24, 2.45) is 12.8 Å². The van der Waals surface area contributed by atoms with Crippen LogP contribution in [0, 0.1) is 0 Å². The minimum Gasteiger partial charge on any atom is -0.368 e. The smallest absolute Gasteiger partial charge is 0.136 e. The number of aromatic nitrogens is 2. The molecule has 1 fully saturated rings. The fraction of sp³-hybridized carbons (Fsp3) is 0.292. The molecule has 2 aromatic carbocycles. The number of hydrogen-bond acceptors (Lipinski definition) is 4. The highest BCUT2D eigenvalue weighted by Crippen LogP contribution is 2.36. The molecular formula is C24H25Cl2N5. The van der Waals surface area contributed by atoms with E-state index in [1.165, 1.54) is 5.56 Å². The minimum absolute atomic E-state index is 0.250. The van der Waals surface area contributed by atoms with Gasteiger partial charge in [0.25, 0.3) is 0 Å². The van der Waals surface area contributed by atoms with E-state index in [0.717, 1.165) is 53.8 Å². The van der Waals surface area contributed by atoms with Gasteiger partial charge in [-0.15, -0.1) is 0 Å². The Bertz CT molecular complexity index is 1190. The fourth-order valence-corrected chi connectivity index (χ4v) is 5.20. The number of benzene rings is 2. The van der Waals surface area contributed by atoms with Gasteiger partial charge < -0.3 is 16.0 Å². The van der Waals surface area contributed by atoms with Gasteiger partial charge in [-0.25, -0.2) is 0 Å². The van der Waals surface area contributed by atoms with Crippen molar-refractivity contribution >= 4 is 39.7 Å². The molecule has 0 saturated carbocycles. The summed E-state index contributed by atoms with van der Waals surface area (Å²) in [7, 11) is 1.82. The molecule has 0 aliphatic carbocycles. The van der Waals surface area contributed by atoms with Crippen molar-refractivity contribution < 1.29 is 0 Å². The molecule has 5 nitrogen and oxygen atoms in total. The van der Waals surface area contributed by atoms with Crippen molar-refractivity contribution in [1.82, 2.24) is 20.0 Å². The van der Waals surface area contributed by atoms with Crippen molar-refractivity contribution in [2.75, 3.05) is 19.6 Å². The Balaban J connectivity index is 1.34. The highest BCUT2D eigenvalue weighted by Gasteiger charge is 2.33. The van der Waals surface area contributed by atoms with E-state index in [1.807, 2.05) is 25.2 Å². The van der Waals surface area contributed by atoms with E-state index in [1.54, 1.807) is 4.68 Å². The van der Waals surface area contributed by atoms with E-state index in [4.69, 9.17) is 28.9 Å².